The summed E-state index contributed by atoms with van der Waals surface area (Å²) in [4.78, 5) is 21.4. The number of methoxy groups -OCH3 is 1. The van der Waals surface area contributed by atoms with Crippen molar-refractivity contribution in [2.75, 3.05) is 38.2 Å². The van der Waals surface area contributed by atoms with E-state index in [1.54, 1.807) is 12.1 Å². The van der Waals surface area contributed by atoms with E-state index < -0.39 is 11.6 Å². The van der Waals surface area contributed by atoms with Gasteiger partial charge in [-0.3, -0.25) is 9.69 Å². The number of ether oxygens (including phenoxy) is 1. The van der Waals surface area contributed by atoms with Crippen LogP contribution in [0.1, 0.15) is 24.2 Å². The monoisotopic (exact) mass is 453 g/mol. The molecule has 0 saturated carbocycles. The summed E-state index contributed by atoms with van der Waals surface area (Å²) < 4.78 is 33.5. The molecule has 0 spiro atoms. The maximum absolute atomic E-state index is 14.2. The van der Waals surface area contributed by atoms with Crippen molar-refractivity contribution in [3.63, 3.8) is 0 Å². The summed E-state index contributed by atoms with van der Waals surface area (Å²) in [6, 6.07) is 6.78. The quantitative estimate of drug-likeness (QED) is 0.469. The van der Waals surface area contributed by atoms with Crippen molar-refractivity contribution in [3.8, 4) is 5.75 Å². The van der Waals surface area contributed by atoms with Crippen molar-refractivity contribution < 1.29 is 18.3 Å². The molecule has 1 amide bonds. The first-order chi connectivity index (χ1) is 14.4. The van der Waals surface area contributed by atoms with E-state index in [-0.39, 0.29) is 22.1 Å². The summed E-state index contributed by atoms with van der Waals surface area (Å²) in [6.07, 6.45) is 0. The van der Waals surface area contributed by atoms with E-state index in [2.05, 4.69) is 9.88 Å². The Balaban J connectivity index is 2.06. The van der Waals surface area contributed by atoms with Gasteiger partial charge >= 0.3 is 0 Å². The Morgan fingerprint density at radius 3 is 2.57 bits per heavy atom. The standard InChI is InChI=1S/C21H22ClF2N3O2S/c1-4-26(5-2)8-9-27(20(28)15-10-13(22)6-7-17(15)29-3)21-25-19-16(24)11-14(23)12-18(19)30-21/h6-7,10-12H,4-5,8-9H2,1-3H3. The number of thiazole rings is 1. The zero-order chi connectivity index (χ0) is 21.8. The van der Waals surface area contributed by atoms with Crippen LogP contribution in [0.15, 0.2) is 30.3 Å². The SMILES string of the molecule is CCN(CC)CCN(C(=O)c1cc(Cl)ccc1OC)c1nc2c(F)cc(F)cc2s1. The molecule has 5 nitrogen and oxygen atoms in total. The molecule has 0 saturated heterocycles. The van der Waals surface area contributed by atoms with E-state index in [4.69, 9.17) is 16.3 Å². The minimum atomic E-state index is -0.760. The lowest BCUT2D eigenvalue weighted by atomic mass is 10.1. The second-order valence-corrected chi connectivity index (χ2v) is 8.00. The van der Waals surface area contributed by atoms with Crippen molar-refractivity contribution in [1.82, 2.24) is 9.88 Å². The van der Waals surface area contributed by atoms with Crippen LogP contribution >= 0.6 is 22.9 Å². The number of hydrogen-bond acceptors (Lipinski definition) is 5. The van der Waals surface area contributed by atoms with E-state index in [0.717, 1.165) is 30.5 Å². The van der Waals surface area contributed by atoms with Crippen molar-refractivity contribution >= 4 is 44.2 Å². The third-order valence-electron chi connectivity index (χ3n) is 4.80. The second kappa shape index (κ2) is 9.68. The first kappa shape index (κ1) is 22.4. The number of anilines is 1. The van der Waals surface area contributed by atoms with Crippen molar-refractivity contribution in [2.24, 2.45) is 0 Å². The van der Waals surface area contributed by atoms with Crippen LogP contribution in [0, 0.1) is 11.6 Å². The Hall–Kier alpha value is -2.29. The van der Waals surface area contributed by atoms with Gasteiger partial charge in [-0.05, 0) is 37.4 Å². The molecule has 0 radical (unpaired) electrons. The van der Waals surface area contributed by atoms with Gasteiger partial charge in [0.25, 0.3) is 5.91 Å². The van der Waals surface area contributed by atoms with Gasteiger partial charge in [0.1, 0.15) is 17.1 Å². The van der Waals surface area contributed by atoms with Crippen molar-refractivity contribution in [1.29, 1.82) is 0 Å². The van der Waals surface area contributed by atoms with Gasteiger partial charge < -0.3 is 9.64 Å². The molecule has 0 N–H and O–H groups in total. The molecule has 1 heterocycles. The highest BCUT2D eigenvalue weighted by Crippen LogP contribution is 2.33. The number of hydrogen-bond donors (Lipinski definition) is 0. The van der Waals surface area contributed by atoms with Crippen molar-refractivity contribution in [2.45, 2.75) is 13.8 Å². The van der Waals surface area contributed by atoms with Crippen LogP contribution < -0.4 is 9.64 Å². The number of benzene rings is 2. The fourth-order valence-electron chi connectivity index (χ4n) is 3.12. The van der Waals surface area contributed by atoms with E-state index >= 15 is 0 Å². The predicted molar refractivity (Wildman–Crippen MR) is 117 cm³/mol. The third kappa shape index (κ3) is 4.71. The summed E-state index contributed by atoms with van der Waals surface area (Å²) >= 11 is 7.17. The molecule has 0 fully saturated rings. The number of halogens is 3. The molecule has 160 valence electrons. The summed E-state index contributed by atoms with van der Waals surface area (Å²) in [7, 11) is 1.47. The predicted octanol–water partition coefficient (Wildman–Crippen LogP) is 5.23. The molecule has 3 aromatic rings. The van der Waals surface area contributed by atoms with Crippen LogP contribution in [-0.4, -0.2) is 49.1 Å². The van der Waals surface area contributed by atoms with Crippen LogP contribution in [0.5, 0.6) is 5.75 Å². The van der Waals surface area contributed by atoms with Crippen LogP contribution in [0.3, 0.4) is 0 Å². The fraction of sp³-hybridized carbons (Fsp3) is 0.333. The smallest absolute Gasteiger partial charge is 0.263 e. The molecule has 0 aliphatic rings. The zero-order valence-electron chi connectivity index (χ0n) is 16.9. The third-order valence-corrected chi connectivity index (χ3v) is 6.06. The molecule has 3 rings (SSSR count). The molecule has 2 aromatic carbocycles. The summed E-state index contributed by atoms with van der Waals surface area (Å²) in [5.74, 6) is -1.45. The minimum absolute atomic E-state index is 0.0371. The number of amides is 1. The van der Waals surface area contributed by atoms with Gasteiger partial charge in [0, 0.05) is 24.2 Å². The van der Waals surface area contributed by atoms with E-state index in [0.29, 0.717) is 28.6 Å². The van der Waals surface area contributed by atoms with Crippen LogP contribution in [0.25, 0.3) is 10.2 Å². The number of aromatic nitrogens is 1. The maximum Gasteiger partial charge on any atom is 0.263 e. The largest absolute Gasteiger partial charge is 0.496 e. The van der Waals surface area contributed by atoms with Crippen LogP contribution in [0.2, 0.25) is 5.02 Å². The Morgan fingerprint density at radius 2 is 1.90 bits per heavy atom. The Morgan fingerprint density at radius 1 is 1.17 bits per heavy atom. The highest BCUT2D eigenvalue weighted by Gasteiger charge is 2.25. The lowest BCUT2D eigenvalue weighted by Gasteiger charge is -2.25. The first-order valence-electron chi connectivity index (χ1n) is 9.51. The highest BCUT2D eigenvalue weighted by atomic mass is 35.5. The van der Waals surface area contributed by atoms with Crippen LogP contribution in [-0.2, 0) is 0 Å². The van der Waals surface area contributed by atoms with Gasteiger partial charge in [-0.25, -0.2) is 13.8 Å². The number of carbonyl (C=O) groups excluding carboxylic acids is 1. The molecule has 0 unspecified atom stereocenters. The Bertz CT molecular complexity index is 1060. The Labute approximate surface area is 182 Å². The summed E-state index contributed by atoms with van der Waals surface area (Å²) in [5, 5.41) is 0.675. The van der Waals surface area contributed by atoms with Gasteiger partial charge in [-0.2, -0.15) is 0 Å². The fourth-order valence-corrected chi connectivity index (χ4v) is 4.32. The normalized spacial score (nSPS) is 11.3. The number of fused-ring (bicyclic) bond motifs is 1. The number of likely N-dealkylation sites (N-methyl/N-ethyl adjacent to an activating group) is 1. The van der Waals surface area contributed by atoms with Gasteiger partial charge in [0.2, 0.25) is 0 Å². The van der Waals surface area contributed by atoms with E-state index in [9.17, 15) is 13.6 Å². The first-order valence-corrected chi connectivity index (χ1v) is 10.7. The van der Waals surface area contributed by atoms with Gasteiger partial charge in [-0.1, -0.05) is 36.8 Å². The highest BCUT2D eigenvalue weighted by molar-refractivity contribution is 7.22. The van der Waals surface area contributed by atoms with Crippen LogP contribution in [0.4, 0.5) is 13.9 Å². The average molecular weight is 454 g/mol. The average Bonchev–Trinajstić information content (AvgIpc) is 3.15. The molecule has 0 bridgehead atoms. The number of rotatable bonds is 8. The molecule has 0 atom stereocenters. The molecular weight excluding hydrogens is 432 g/mol. The summed E-state index contributed by atoms with van der Waals surface area (Å²) in [6.45, 7) is 6.61. The molecule has 9 heteroatoms. The lowest BCUT2D eigenvalue weighted by molar-refractivity contribution is 0.0981. The lowest BCUT2D eigenvalue weighted by Crippen LogP contribution is -2.39. The van der Waals surface area contributed by atoms with Gasteiger partial charge in [-0.15, -0.1) is 0 Å². The number of nitrogens with zero attached hydrogens (tertiary/aromatic N) is 3. The van der Waals surface area contributed by atoms with Crippen molar-refractivity contribution in [3.05, 3.63) is 52.6 Å². The molecule has 0 aliphatic heterocycles. The van der Waals surface area contributed by atoms with Gasteiger partial charge in [0.05, 0.1) is 17.4 Å². The summed E-state index contributed by atoms with van der Waals surface area (Å²) in [5.41, 5.74) is 0.311. The Kier molecular flexibility index (Phi) is 7.23. The molecule has 30 heavy (non-hydrogen) atoms. The molecular formula is C21H22ClF2N3O2S. The molecule has 0 aliphatic carbocycles. The topological polar surface area (TPSA) is 45.7 Å². The maximum atomic E-state index is 14.2. The van der Waals surface area contributed by atoms with E-state index in [1.165, 1.54) is 24.1 Å². The zero-order valence-corrected chi connectivity index (χ0v) is 18.5. The van der Waals surface area contributed by atoms with E-state index in [1.807, 2.05) is 13.8 Å². The second-order valence-electron chi connectivity index (χ2n) is 6.56. The molecule has 1 aromatic heterocycles. The minimum Gasteiger partial charge on any atom is -0.496 e. The number of carbonyl (C=O) groups is 1. The van der Waals surface area contributed by atoms with Gasteiger partial charge in [0.15, 0.2) is 10.9 Å².